The van der Waals surface area contributed by atoms with Gasteiger partial charge >= 0.3 is 5.97 Å². The lowest BCUT2D eigenvalue weighted by Crippen LogP contribution is -2.53. The van der Waals surface area contributed by atoms with Crippen molar-refractivity contribution in [3.63, 3.8) is 0 Å². The molecular weight excluding hydrogens is 260 g/mol. The molecule has 1 aliphatic rings. The molecule has 2 rings (SSSR count). The normalized spacial score (nSPS) is 18.7. The molecule has 18 heavy (non-hydrogen) atoms. The fourth-order valence-electron chi connectivity index (χ4n) is 1.95. The van der Waals surface area contributed by atoms with Crippen LogP contribution in [0.15, 0.2) is 29.2 Å². The number of alkyl halides is 2. The molecular formula is C12H13F2NO2S. The number of hydrogen-bond acceptors (Lipinski definition) is 4. The Morgan fingerprint density at radius 3 is 2.78 bits per heavy atom. The highest BCUT2D eigenvalue weighted by Gasteiger charge is 2.36. The number of para-hydroxylation sites is 1. The molecule has 3 nitrogen and oxygen atoms in total. The van der Waals surface area contributed by atoms with Gasteiger partial charge in [0.05, 0.1) is 12.8 Å². The summed E-state index contributed by atoms with van der Waals surface area (Å²) in [6.07, 6.45) is 0.695. The number of benzene rings is 1. The molecule has 0 aromatic heterocycles. The first-order valence-electron chi connectivity index (χ1n) is 5.52. The average molecular weight is 273 g/mol. The van der Waals surface area contributed by atoms with E-state index in [1.54, 1.807) is 29.2 Å². The van der Waals surface area contributed by atoms with E-state index in [4.69, 9.17) is 4.74 Å². The van der Waals surface area contributed by atoms with Gasteiger partial charge in [-0.1, -0.05) is 23.9 Å². The van der Waals surface area contributed by atoms with Crippen molar-refractivity contribution in [1.29, 1.82) is 0 Å². The first-order valence-corrected chi connectivity index (χ1v) is 6.39. The van der Waals surface area contributed by atoms with E-state index in [1.165, 1.54) is 7.11 Å². The minimum absolute atomic E-state index is 0.321. The van der Waals surface area contributed by atoms with Gasteiger partial charge in [0, 0.05) is 11.4 Å². The van der Waals surface area contributed by atoms with Crippen molar-refractivity contribution >= 4 is 23.4 Å². The van der Waals surface area contributed by atoms with Crippen LogP contribution >= 0.6 is 11.8 Å². The van der Waals surface area contributed by atoms with Crippen molar-refractivity contribution in [3.05, 3.63) is 24.3 Å². The number of rotatable bonds is 4. The van der Waals surface area contributed by atoms with Gasteiger partial charge in [-0.3, -0.25) is 0 Å². The van der Waals surface area contributed by atoms with E-state index in [0.717, 1.165) is 0 Å². The Hall–Kier alpha value is -1.30. The van der Waals surface area contributed by atoms with Crippen LogP contribution in [0.5, 0.6) is 0 Å². The fourth-order valence-corrected chi connectivity index (χ4v) is 2.60. The van der Waals surface area contributed by atoms with Gasteiger partial charge in [0.2, 0.25) is 0 Å². The van der Waals surface area contributed by atoms with Crippen LogP contribution in [0.25, 0.3) is 0 Å². The number of ether oxygens (including phenoxy) is 1. The third-order valence-corrected chi connectivity index (χ3v) is 3.66. The van der Waals surface area contributed by atoms with Gasteiger partial charge in [-0.05, 0) is 18.6 Å². The topological polar surface area (TPSA) is 29.5 Å². The number of anilines is 1. The number of methoxy groups -OCH3 is 1. The summed E-state index contributed by atoms with van der Waals surface area (Å²) in [5, 5.41) is 0. The lowest BCUT2D eigenvalue weighted by molar-refractivity contribution is -0.143. The highest BCUT2D eigenvalue weighted by atomic mass is 32.2. The van der Waals surface area contributed by atoms with E-state index >= 15 is 0 Å². The number of esters is 1. The maximum atomic E-state index is 12.5. The second kappa shape index (κ2) is 5.56. The molecule has 6 heteroatoms. The van der Waals surface area contributed by atoms with Crippen molar-refractivity contribution in [1.82, 2.24) is 0 Å². The number of hydrogen-bond donors (Lipinski definition) is 0. The van der Waals surface area contributed by atoms with Crippen LogP contribution in [0.2, 0.25) is 0 Å². The number of thioether (sulfide) groups is 1. The van der Waals surface area contributed by atoms with Gasteiger partial charge in [0.15, 0.2) is 0 Å². The first kappa shape index (κ1) is 13.1. The smallest absolute Gasteiger partial charge is 0.328 e. The van der Waals surface area contributed by atoms with Gasteiger partial charge < -0.3 is 9.64 Å². The zero-order chi connectivity index (χ0) is 13.1. The van der Waals surface area contributed by atoms with Crippen molar-refractivity contribution < 1.29 is 18.3 Å². The molecule has 1 heterocycles. The second-order valence-corrected chi connectivity index (χ2v) is 4.90. The molecule has 1 aliphatic heterocycles. The second-order valence-electron chi connectivity index (χ2n) is 3.87. The van der Waals surface area contributed by atoms with Crippen molar-refractivity contribution in [2.24, 2.45) is 0 Å². The summed E-state index contributed by atoms with van der Waals surface area (Å²) in [6, 6.07) is 6.52. The summed E-state index contributed by atoms with van der Waals surface area (Å²) in [5.74, 6) is -2.79. The van der Waals surface area contributed by atoms with Crippen LogP contribution in [0.3, 0.4) is 0 Å². The number of nitrogens with zero attached hydrogens (tertiary/aromatic N) is 1. The fraction of sp³-hybridized carbons (Fsp3) is 0.417. The summed E-state index contributed by atoms with van der Waals surface area (Å²) >= 11 is 0.497. The Morgan fingerprint density at radius 2 is 2.22 bits per heavy atom. The SMILES string of the molecule is COC(=O)C1CCN1c1ccccc1SC(F)F. The maximum Gasteiger partial charge on any atom is 0.328 e. The lowest BCUT2D eigenvalue weighted by Gasteiger charge is -2.41. The Bertz CT molecular complexity index is 442. The van der Waals surface area contributed by atoms with E-state index < -0.39 is 5.76 Å². The van der Waals surface area contributed by atoms with E-state index in [0.29, 0.717) is 35.3 Å². The van der Waals surface area contributed by atoms with E-state index in [2.05, 4.69) is 0 Å². The Labute approximate surface area is 108 Å². The van der Waals surface area contributed by atoms with E-state index in [-0.39, 0.29) is 12.0 Å². The molecule has 1 atom stereocenters. The monoisotopic (exact) mass is 273 g/mol. The third kappa shape index (κ3) is 2.58. The molecule has 98 valence electrons. The molecule has 1 saturated heterocycles. The predicted octanol–water partition coefficient (Wildman–Crippen LogP) is 2.75. The zero-order valence-electron chi connectivity index (χ0n) is 9.81. The van der Waals surface area contributed by atoms with E-state index in [9.17, 15) is 13.6 Å². The standard InChI is InChI=1S/C12H13F2NO2S/c1-17-11(16)9-6-7-15(9)8-4-2-3-5-10(8)18-12(13)14/h2-5,9,12H,6-7H2,1H3. The minimum atomic E-state index is -2.47. The molecule has 0 radical (unpaired) electrons. The molecule has 0 spiro atoms. The predicted molar refractivity (Wildman–Crippen MR) is 66.1 cm³/mol. The molecule has 0 amide bonds. The average Bonchev–Trinajstić information content (AvgIpc) is 2.29. The van der Waals surface area contributed by atoms with Crippen LogP contribution in [0.1, 0.15) is 6.42 Å². The first-order chi connectivity index (χ1) is 8.63. The number of carbonyl (C=O) groups excluding carboxylic acids is 1. The zero-order valence-corrected chi connectivity index (χ0v) is 10.6. The highest BCUT2D eigenvalue weighted by Crippen LogP contribution is 2.37. The van der Waals surface area contributed by atoms with Crippen molar-refractivity contribution in [2.45, 2.75) is 23.1 Å². The quantitative estimate of drug-likeness (QED) is 0.623. The Balaban J connectivity index is 2.20. The maximum absolute atomic E-state index is 12.5. The molecule has 1 unspecified atom stereocenters. The van der Waals surface area contributed by atoms with Gasteiger partial charge in [0.1, 0.15) is 6.04 Å². The Kier molecular flexibility index (Phi) is 4.06. The molecule has 0 bridgehead atoms. The molecule has 0 aliphatic carbocycles. The molecule has 0 saturated carbocycles. The molecule has 1 aromatic rings. The van der Waals surface area contributed by atoms with Crippen LogP contribution in [-0.2, 0) is 9.53 Å². The van der Waals surface area contributed by atoms with Gasteiger partial charge in [-0.25, -0.2) is 4.79 Å². The summed E-state index contributed by atoms with van der Waals surface area (Å²) in [4.78, 5) is 13.8. The highest BCUT2D eigenvalue weighted by molar-refractivity contribution is 7.99. The summed E-state index contributed by atoms with van der Waals surface area (Å²) < 4.78 is 29.6. The molecule has 1 fully saturated rings. The summed E-state index contributed by atoms with van der Waals surface area (Å²) in [6.45, 7) is 0.681. The van der Waals surface area contributed by atoms with Gasteiger partial charge in [-0.15, -0.1) is 0 Å². The third-order valence-electron chi connectivity index (χ3n) is 2.88. The Morgan fingerprint density at radius 1 is 1.50 bits per heavy atom. The number of carbonyl (C=O) groups is 1. The van der Waals surface area contributed by atoms with Crippen LogP contribution in [-0.4, -0.2) is 31.4 Å². The summed E-state index contributed by atoms with van der Waals surface area (Å²) in [7, 11) is 1.33. The van der Waals surface area contributed by atoms with Gasteiger partial charge in [-0.2, -0.15) is 8.78 Å². The van der Waals surface area contributed by atoms with Crippen molar-refractivity contribution in [2.75, 3.05) is 18.6 Å². The molecule has 1 aromatic carbocycles. The summed E-state index contributed by atoms with van der Waals surface area (Å²) in [5.41, 5.74) is 0.671. The lowest BCUT2D eigenvalue weighted by atomic mass is 10.0. The largest absolute Gasteiger partial charge is 0.467 e. The van der Waals surface area contributed by atoms with Crippen molar-refractivity contribution in [3.8, 4) is 0 Å². The van der Waals surface area contributed by atoms with Crippen LogP contribution < -0.4 is 4.90 Å². The number of halogens is 2. The van der Waals surface area contributed by atoms with E-state index in [1.807, 2.05) is 0 Å². The minimum Gasteiger partial charge on any atom is -0.467 e. The van der Waals surface area contributed by atoms with Gasteiger partial charge in [0.25, 0.3) is 5.76 Å². The molecule has 0 N–H and O–H groups in total. The van der Waals surface area contributed by atoms with Crippen LogP contribution in [0.4, 0.5) is 14.5 Å². The van der Waals surface area contributed by atoms with Crippen LogP contribution in [0, 0.1) is 0 Å².